The Labute approximate surface area is 205 Å². The molecule has 0 N–H and O–H groups in total. The monoisotopic (exact) mass is 470 g/mol. The normalized spacial score (nSPS) is 13.1. The molecule has 0 rings (SSSR count). The summed E-state index contributed by atoms with van der Waals surface area (Å²) >= 11 is 0. The van der Waals surface area contributed by atoms with E-state index < -0.39 is 8.07 Å². The number of rotatable bonds is 21. The first-order valence-corrected chi connectivity index (χ1v) is 16.7. The minimum atomic E-state index is -1.16. The highest BCUT2D eigenvalue weighted by molar-refractivity contribution is 6.83. The molecule has 3 heteroatoms. The third-order valence-electron chi connectivity index (χ3n) is 7.64. The van der Waals surface area contributed by atoms with Crippen LogP contribution in [0, 0.1) is 0 Å². The maximum Gasteiger partial charge on any atom is 0.0707 e. The lowest BCUT2D eigenvalue weighted by Gasteiger charge is -2.43. The van der Waals surface area contributed by atoms with Crippen LogP contribution in [0.25, 0.3) is 0 Å². The summed E-state index contributed by atoms with van der Waals surface area (Å²) in [6.45, 7) is 23.6. The maximum atomic E-state index is 5.66. The van der Waals surface area contributed by atoms with Crippen LogP contribution in [0.15, 0.2) is 0 Å². The van der Waals surface area contributed by atoms with Crippen LogP contribution in [0.4, 0.5) is 0 Å². The van der Waals surface area contributed by atoms with Crippen molar-refractivity contribution in [2.24, 2.45) is 0 Å². The third-order valence-corrected chi connectivity index (χ3v) is 15.3. The van der Waals surface area contributed by atoms with Crippen LogP contribution < -0.4 is 0 Å². The first-order chi connectivity index (χ1) is 15.0. The Balaban J connectivity index is 3.48. The van der Waals surface area contributed by atoms with E-state index in [0.717, 1.165) is 29.8 Å². The summed E-state index contributed by atoms with van der Waals surface area (Å²) in [5, 5.41) is 0. The zero-order chi connectivity index (χ0) is 24.5. The van der Waals surface area contributed by atoms with Gasteiger partial charge in [0, 0.05) is 6.61 Å². The Morgan fingerprint density at radius 3 is 1.25 bits per heavy atom. The molecule has 0 amide bonds. The highest BCUT2D eigenvalue weighted by atomic mass is 28.3. The second-order valence-corrected chi connectivity index (χ2v) is 18.3. The van der Waals surface area contributed by atoms with Crippen molar-refractivity contribution >= 4 is 8.07 Å². The van der Waals surface area contributed by atoms with Crippen LogP contribution in [-0.2, 0) is 9.47 Å². The highest BCUT2D eigenvalue weighted by Gasteiger charge is 2.41. The van der Waals surface area contributed by atoms with Crippen LogP contribution in [-0.4, -0.2) is 33.5 Å². The first-order valence-electron chi connectivity index (χ1n) is 14.3. The molecule has 0 aromatic heterocycles. The topological polar surface area (TPSA) is 18.5 Å². The van der Waals surface area contributed by atoms with Crippen LogP contribution in [0.5, 0.6) is 0 Å². The molecule has 0 aliphatic heterocycles. The Hall–Kier alpha value is 0.137. The predicted molar refractivity (Wildman–Crippen MR) is 148 cm³/mol. The van der Waals surface area contributed by atoms with Crippen LogP contribution in [0.3, 0.4) is 0 Å². The second kappa shape index (κ2) is 18.5. The molecule has 0 saturated heterocycles. The zero-order valence-electron chi connectivity index (χ0n) is 23.9. The van der Waals surface area contributed by atoms with E-state index in [9.17, 15) is 0 Å². The molecule has 0 saturated carbocycles. The van der Waals surface area contributed by atoms with Gasteiger partial charge in [0.05, 0.1) is 26.9 Å². The lowest BCUT2D eigenvalue weighted by Crippen LogP contribution is -2.44. The molecule has 0 aromatic carbocycles. The molecule has 0 fully saturated rings. The predicted octanol–water partition coefficient (Wildman–Crippen LogP) is 10.2. The molecule has 32 heavy (non-hydrogen) atoms. The summed E-state index contributed by atoms with van der Waals surface area (Å²) < 4.78 is 11.3. The fraction of sp³-hybridized carbons (Fsp3) is 1.00. The van der Waals surface area contributed by atoms with E-state index >= 15 is 0 Å². The van der Waals surface area contributed by atoms with Crippen molar-refractivity contribution in [3.05, 3.63) is 0 Å². The van der Waals surface area contributed by atoms with Gasteiger partial charge < -0.3 is 9.47 Å². The molecule has 0 aliphatic carbocycles. The molecule has 0 radical (unpaired) electrons. The summed E-state index contributed by atoms with van der Waals surface area (Å²) in [7, 11) is -1.16. The molecule has 2 nitrogen and oxygen atoms in total. The van der Waals surface area contributed by atoms with Gasteiger partial charge in [0.2, 0.25) is 0 Å². The Morgan fingerprint density at radius 2 is 0.875 bits per heavy atom. The zero-order valence-corrected chi connectivity index (χ0v) is 24.9. The van der Waals surface area contributed by atoms with Gasteiger partial charge in [-0.25, -0.2) is 0 Å². The van der Waals surface area contributed by atoms with Crippen LogP contribution in [0.1, 0.15) is 139 Å². The van der Waals surface area contributed by atoms with Gasteiger partial charge >= 0.3 is 0 Å². The van der Waals surface area contributed by atoms with Crippen LogP contribution in [0.2, 0.25) is 22.7 Å². The number of ether oxygens (including phenoxy) is 2. The van der Waals surface area contributed by atoms with Crippen molar-refractivity contribution in [1.29, 1.82) is 0 Å². The Bertz CT molecular complexity index is 390. The summed E-state index contributed by atoms with van der Waals surface area (Å²) in [6.07, 6.45) is 16.9. The maximum absolute atomic E-state index is 5.66. The summed E-state index contributed by atoms with van der Waals surface area (Å²) in [6, 6.07) is 1.55. The first kappa shape index (κ1) is 32.1. The van der Waals surface area contributed by atoms with E-state index in [1.165, 1.54) is 77.0 Å². The lowest BCUT2D eigenvalue weighted by molar-refractivity contribution is -0.0351. The van der Waals surface area contributed by atoms with Gasteiger partial charge in [0.1, 0.15) is 0 Å². The fourth-order valence-corrected chi connectivity index (χ4v) is 12.4. The quantitative estimate of drug-likeness (QED) is 0.123. The third kappa shape index (κ3) is 15.1. The number of hydrogen-bond acceptors (Lipinski definition) is 2. The Morgan fingerprint density at radius 1 is 0.500 bits per heavy atom. The summed E-state index contributed by atoms with van der Waals surface area (Å²) in [4.78, 5) is 0. The molecule has 0 unspecified atom stereocenters. The second-order valence-electron chi connectivity index (χ2n) is 12.1. The standard InChI is InChI=1S/C29H62O2Si/c1-26(2)32(27(3)4,28(5)6)25-21-19-17-15-13-11-10-12-14-16-18-20-22-30-23-24-31-29(7,8)9/h26-28H,10-25H2,1-9H3. The average molecular weight is 471 g/mol. The van der Waals surface area contributed by atoms with Gasteiger partial charge in [-0.15, -0.1) is 0 Å². The summed E-state index contributed by atoms with van der Waals surface area (Å²) in [5.74, 6) is 0. The van der Waals surface area contributed by atoms with Gasteiger partial charge in [0.15, 0.2) is 0 Å². The molecular formula is C29H62O2Si. The van der Waals surface area contributed by atoms with Crippen LogP contribution >= 0.6 is 0 Å². The molecule has 194 valence electrons. The average Bonchev–Trinajstić information content (AvgIpc) is 2.68. The van der Waals surface area contributed by atoms with Crippen molar-refractivity contribution in [3.63, 3.8) is 0 Å². The van der Waals surface area contributed by atoms with Crippen molar-refractivity contribution in [2.45, 2.75) is 168 Å². The van der Waals surface area contributed by atoms with Crippen molar-refractivity contribution < 1.29 is 9.47 Å². The Kier molecular flexibility index (Phi) is 18.5. The van der Waals surface area contributed by atoms with Gasteiger partial charge in [-0.05, 0) is 27.2 Å². The molecule has 0 bridgehead atoms. The van der Waals surface area contributed by atoms with E-state index in [1.807, 2.05) is 0 Å². The van der Waals surface area contributed by atoms with Gasteiger partial charge in [0.25, 0.3) is 0 Å². The SMILES string of the molecule is CC(C)[Si](CCCCCCCCCCCCCCOCCOC(C)(C)C)(C(C)C)C(C)C. The van der Waals surface area contributed by atoms with Gasteiger partial charge in [-0.1, -0.05) is 135 Å². The van der Waals surface area contributed by atoms with Crippen molar-refractivity contribution in [1.82, 2.24) is 0 Å². The molecule has 0 heterocycles. The number of hydrogen-bond donors (Lipinski definition) is 0. The molecular weight excluding hydrogens is 408 g/mol. The molecule has 0 atom stereocenters. The highest BCUT2D eigenvalue weighted by Crippen LogP contribution is 2.45. The van der Waals surface area contributed by atoms with Crippen molar-refractivity contribution in [3.8, 4) is 0 Å². The minimum Gasteiger partial charge on any atom is -0.379 e. The van der Waals surface area contributed by atoms with E-state index in [1.54, 1.807) is 6.04 Å². The van der Waals surface area contributed by atoms with E-state index in [-0.39, 0.29) is 5.60 Å². The van der Waals surface area contributed by atoms with Gasteiger partial charge in [-0.2, -0.15) is 0 Å². The van der Waals surface area contributed by atoms with E-state index in [4.69, 9.17) is 9.47 Å². The molecule has 0 aromatic rings. The van der Waals surface area contributed by atoms with E-state index in [2.05, 4.69) is 62.3 Å². The number of unbranched alkanes of at least 4 members (excludes halogenated alkanes) is 11. The van der Waals surface area contributed by atoms with Gasteiger partial charge in [-0.3, -0.25) is 0 Å². The largest absolute Gasteiger partial charge is 0.379 e. The smallest absolute Gasteiger partial charge is 0.0707 e. The van der Waals surface area contributed by atoms with Crippen molar-refractivity contribution in [2.75, 3.05) is 19.8 Å². The lowest BCUT2D eigenvalue weighted by atomic mass is 10.1. The molecule has 0 spiro atoms. The van der Waals surface area contributed by atoms with E-state index in [0.29, 0.717) is 6.61 Å². The molecule has 0 aliphatic rings. The fourth-order valence-electron chi connectivity index (χ4n) is 5.78. The minimum absolute atomic E-state index is 0.0494. The summed E-state index contributed by atoms with van der Waals surface area (Å²) in [5.41, 5.74) is 2.71.